The Labute approximate surface area is 293 Å². The lowest BCUT2D eigenvalue weighted by molar-refractivity contribution is -0.132. The van der Waals surface area contributed by atoms with E-state index in [0.29, 0.717) is 34.4 Å². The van der Waals surface area contributed by atoms with Crippen molar-refractivity contribution in [3.8, 4) is 22.4 Å². The van der Waals surface area contributed by atoms with E-state index >= 15 is 0 Å². The molecule has 2 N–H and O–H groups in total. The van der Waals surface area contributed by atoms with Crippen molar-refractivity contribution in [2.24, 2.45) is 5.92 Å². The molecule has 0 aliphatic carbocycles. The lowest BCUT2D eigenvalue weighted by atomic mass is 9.85. The fourth-order valence-corrected chi connectivity index (χ4v) is 6.52. The summed E-state index contributed by atoms with van der Waals surface area (Å²) in [4.78, 5) is 46.6. The summed E-state index contributed by atoms with van der Waals surface area (Å²) in [5.74, 6) is -0.448. The average molecular weight is 673 g/mol. The molecule has 0 unspecified atom stereocenters. The van der Waals surface area contributed by atoms with Gasteiger partial charge in [-0.2, -0.15) is 0 Å². The van der Waals surface area contributed by atoms with Gasteiger partial charge in [-0.3, -0.25) is 19.7 Å². The number of nitrogens with zero attached hydrogens (tertiary/aromatic N) is 2. The van der Waals surface area contributed by atoms with Gasteiger partial charge in [0, 0.05) is 35.7 Å². The van der Waals surface area contributed by atoms with Crippen LogP contribution in [0.15, 0.2) is 102 Å². The van der Waals surface area contributed by atoms with Gasteiger partial charge < -0.3 is 10.2 Å². The Hall–Kier alpha value is -5.08. The smallest absolute Gasteiger partial charge is 0.258 e. The minimum atomic E-state index is -0.807. The Balaban J connectivity index is 1.29. The summed E-state index contributed by atoms with van der Waals surface area (Å²) in [7, 11) is 1.76. The summed E-state index contributed by atoms with van der Waals surface area (Å²) in [6.45, 7) is 13.2. The van der Waals surface area contributed by atoms with E-state index in [1.54, 1.807) is 24.1 Å². The van der Waals surface area contributed by atoms with Crippen LogP contribution < -0.4 is 10.6 Å². The molecular formula is C41H44N4O3S. The summed E-state index contributed by atoms with van der Waals surface area (Å²) in [6.07, 6.45) is 0. The second kappa shape index (κ2) is 15.0. The molecule has 1 atom stereocenters. The van der Waals surface area contributed by atoms with Gasteiger partial charge in [-0.05, 0) is 64.3 Å². The lowest BCUT2D eigenvalue weighted by Crippen LogP contribution is -2.42. The second-order valence-electron chi connectivity index (χ2n) is 13.8. The predicted octanol–water partition coefficient (Wildman–Crippen LogP) is 8.92. The van der Waals surface area contributed by atoms with E-state index in [0.717, 1.165) is 27.8 Å². The van der Waals surface area contributed by atoms with Gasteiger partial charge in [0.2, 0.25) is 5.91 Å². The number of hydrogen-bond acceptors (Lipinski definition) is 5. The zero-order chi connectivity index (χ0) is 35.3. The maximum atomic E-state index is 13.6. The summed E-state index contributed by atoms with van der Waals surface area (Å²) in [5, 5.41) is 8.29. The fraction of sp³-hybridized carbons (Fsp3) is 0.268. The number of hydrogen-bond donors (Lipinski definition) is 2. The number of thiazole rings is 1. The molecule has 0 fully saturated rings. The van der Waals surface area contributed by atoms with Crippen LogP contribution in [-0.2, 0) is 10.2 Å². The molecule has 3 amide bonds. The molecule has 0 bridgehead atoms. The maximum absolute atomic E-state index is 13.6. The zero-order valence-electron chi connectivity index (χ0n) is 29.2. The highest BCUT2D eigenvalue weighted by Crippen LogP contribution is 2.32. The van der Waals surface area contributed by atoms with Crippen LogP contribution in [0.3, 0.4) is 0 Å². The Bertz CT molecular complexity index is 1920. The van der Waals surface area contributed by atoms with Crippen LogP contribution in [0.4, 0.5) is 5.13 Å². The molecule has 252 valence electrons. The van der Waals surface area contributed by atoms with Crippen molar-refractivity contribution in [2.45, 2.75) is 53.0 Å². The topological polar surface area (TPSA) is 91.4 Å². The highest BCUT2D eigenvalue weighted by molar-refractivity contribution is 7.14. The van der Waals surface area contributed by atoms with Gasteiger partial charge in [0.05, 0.1) is 5.69 Å². The van der Waals surface area contributed by atoms with E-state index in [4.69, 9.17) is 0 Å². The third-order valence-electron chi connectivity index (χ3n) is 8.40. The second-order valence-corrected chi connectivity index (χ2v) is 14.7. The van der Waals surface area contributed by atoms with E-state index in [2.05, 4.69) is 74.5 Å². The molecule has 5 rings (SSSR count). The number of aryl methyl sites for hydroxylation is 1. The van der Waals surface area contributed by atoms with Crippen LogP contribution in [0.5, 0.6) is 0 Å². The highest BCUT2D eigenvalue weighted by atomic mass is 32.1. The van der Waals surface area contributed by atoms with Crippen molar-refractivity contribution in [3.05, 3.63) is 130 Å². The monoisotopic (exact) mass is 672 g/mol. The van der Waals surface area contributed by atoms with Crippen LogP contribution in [-0.4, -0.2) is 41.2 Å². The fourth-order valence-electron chi connectivity index (χ4n) is 5.80. The first-order valence-electron chi connectivity index (χ1n) is 16.5. The SMILES string of the molecule is Cc1cccc(C(=O)Nc2nc(-c3ccc(C(=O)N[C@H](C(=O)N(C)CC(C)C)c4ccccc4)cc3)cs2)c1-c1ccc(C(C)(C)C)cc1. The molecule has 49 heavy (non-hydrogen) atoms. The third kappa shape index (κ3) is 8.51. The van der Waals surface area contributed by atoms with Crippen LogP contribution in [0.1, 0.15) is 78.1 Å². The van der Waals surface area contributed by atoms with E-state index in [1.807, 2.05) is 73.0 Å². The van der Waals surface area contributed by atoms with Crippen molar-refractivity contribution in [1.29, 1.82) is 0 Å². The molecule has 0 spiro atoms. The van der Waals surface area contributed by atoms with E-state index in [-0.39, 0.29) is 23.1 Å². The molecule has 4 aromatic carbocycles. The molecule has 5 aromatic rings. The van der Waals surface area contributed by atoms with Crippen molar-refractivity contribution >= 4 is 34.2 Å². The van der Waals surface area contributed by atoms with E-state index in [9.17, 15) is 14.4 Å². The van der Waals surface area contributed by atoms with Crippen molar-refractivity contribution in [3.63, 3.8) is 0 Å². The number of nitrogens with one attached hydrogen (secondary N) is 2. The Kier molecular flexibility index (Phi) is 10.8. The first-order valence-corrected chi connectivity index (χ1v) is 17.4. The molecule has 0 saturated carbocycles. The number of carbonyl (C=O) groups is 3. The Morgan fingerprint density at radius 1 is 0.816 bits per heavy atom. The van der Waals surface area contributed by atoms with Gasteiger partial charge >= 0.3 is 0 Å². The first kappa shape index (κ1) is 35.2. The van der Waals surface area contributed by atoms with Gasteiger partial charge in [0.1, 0.15) is 6.04 Å². The molecule has 1 heterocycles. The van der Waals surface area contributed by atoms with Gasteiger partial charge in [-0.25, -0.2) is 4.98 Å². The zero-order valence-corrected chi connectivity index (χ0v) is 30.0. The van der Waals surface area contributed by atoms with Gasteiger partial charge in [0.25, 0.3) is 11.8 Å². The van der Waals surface area contributed by atoms with Gasteiger partial charge in [0.15, 0.2) is 5.13 Å². The van der Waals surface area contributed by atoms with Gasteiger partial charge in [-0.15, -0.1) is 11.3 Å². The summed E-state index contributed by atoms with van der Waals surface area (Å²) in [5.41, 5.74) is 7.39. The van der Waals surface area contributed by atoms with Crippen molar-refractivity contribution in [2.75, 3.05) is 18.9 Å². The van der Waals surface area contributed by atoms with Crippen molar-refractivity contribution < 1.29 is 14.4 Å². The van der Waals surface area contributed by atoms with Crippen LogP contribution >= 0.6 is 11.3 Å². The summed E-state index contributed by atoms with van der Waals surface area (Å²) in [6, 6.07) is 29.7. The van der Waals surface area contributed by atoms with E-state index in [1.165, 1.54) is 16.9 Å². The molecule has 0 aliphatic heterocycles. The van der Waals surface area contributed by atoms with Crippen molar-refractivity contribution in [1.82, 2.24) is 15.2 Å². The van der Waals surface area contributed by atoms with Crippen LogP contribution in [0, 0.1) is 12.8 Å². The van der Waals surface area contributed by atoms with Crippen LogP contribution in [0.2, 0.25) is 0 Å². The maximum Gasteiger partial charge on any atom is 0.258 e. The molecule has 8 heteroatoms. The quantitative estimate of drug-likeness (QED) is 0.155. The highest BCUT2D eigenvalue weighted by Gasteiger charge is 2.27. The third-order valence-corrected chi connectivity index (χ3v) is 9.15. The number of carbonyl (C=O) groups excluding carboxylic acids is 3. The molecule has 0 radical (unpaired) electrons. The minimum Gasteiger partial charge on any atom is -0.343 e. The number of likely N-dealkylation sites (N-methyl/N-ethyl adjacent to an activating group) is 1. The molecule has 1 aromatic heterocycles. The molecular weight excluding hydrogens is 629 g/mol. The van der Waals surface area contributed by atoms with Crippen LogP contribution in [0.25, 0.3) is 22.4 Å². The lowest BCUT2D eigenvalue weighted by Gasteiger charge is -2.26. The molecule has 0 saturated heterocycles. The Morgan fingerprint density at radius 3 is 2.10 bits per heavy atom. The normalized spacial score (nSPS) is 12.0. The standard InChI is InChI=1S/C41H44N4O3S/c1-26(2)24-45(7)39(48)36(30-13-9-8-10-14-30)43-37(46)31-18-16-28(17-19-31)34-25-49-40(42-34)44-38(47)33-15-11-12-27(3)35(33)29-20-22-32(23-21-29)41(4,5)6/h8-23,25-26,36H,24H2,1-7H3,(H,43,46)(H,42,44,47)/t36-/m0/s1. The molecule has 0 aliphatic rings. The number of aromatic nitrogens is 1. The largest absolute Gasteiger partial charge is 0.343 e. The number of rotatable bonds is 10. The number of amides is 3. The average Bonchev–Trinajstić information content (AvgIpc) is 3.55. The predicted molar refractivity (Wildman–Crippen MR) is 200 cm³/mol. The number of anilines is 1. The first-order chi connectivity index (χ1) is 23.3. The minimum absolute atomic E-state index is 0.0375. The van der Waals surface area contributed by atoms with Gasteiger partial charge in [-0.1, -0.05) is 113 Å². The Morgan fingerprint density at radius 2 is 1.47 bits per heavy atom. The number of benzene rings is 4. The molecule has 7 nitrogen and oxygen atoms in total. The van der Waals surface area contributed by atoms with E-state index < -0.39 is 6.04 Å². The summed E-state index contributed by atoms with van der Waals surface area (Å²) >= 11 is 1.34. The summed E-state index contributed by atoms with van der Waals surface area (Å²) < 4.78 is 0.